The van der Waals surface area contributed by atoms with Crippen LogP contribution in [0.15, 0.2) is 24.0 Å². The zero-order valence-corrected chi connectivity index (χ0v) is 13.6. The van der Waals surface area contributed by atoms with Crippen LogP contribution in [0.25, 0.3) is 4.96 Å². The van der Waals surface area contributed by atoms with Crippen molar-refractivity contribution in [1.29, 1.82) is 0 Å². The van der Waals surface area contributed by atoms with Crippen molar-refractivity contribution in [2.45, 2.75) is 32.6 Å². The van der Waals surface area contributed by atoms with E-state index >= 15 is 0 Å². The number of nitrogens with zero attached hydrogens (tertiary/aromatic N) is 4. The molecule has 3 aromatic rings. The van der Waals surface area contributed by atoms with Crippen LogP contribution < -0.4 is 5.32 Å². The van der Waals surface area contributed by atoms with Gasteiger partial charge in [0.1, 0.15) is 0 Å². The smallest absolute Gasteiger partial charge is 0.346 e. The number of thiazole rings is 1. The summed E-state index contributed by atoms with van der Waals surface area (Å²) >= 11 is 1.43. The number of rotatable bonds is 4. The van der Waals surface area contributed by atoms with Crippen LogP contribution in [-0.2, 0) is 12.7 Å². The van der Waals surface area contributed by atoms with Crippen molar-refractivity contribution >= 4 is 22.2 Å². The van der Waals surface area contributed by atoms with Crippen LogP contribution in [0.5, 0.6) is 0 Å². The number of carbonyl (C=O) groups is 1. The molecule has 0 aromatic carbocycles. The van der Waals surface area contributed by atoms with Gasteiger partial charge in [-0.25, -0.2) is 4.98 Å². The maximum absolute atomic E-state index is 13.3. The Morgan fingerprint density at radius 1 is 1.42 bits per heavy atom. The fourth-order valence-electron chi connectivity index (χ4n) is 2.33. The van der Waals surface area contributed by atoms with Gasteiger partial charge in [0.25, 0.3) is 5.91 Å². The Balaban J connectivity index is 1.80. The van der Waals surface area contributed by atoms with E-state index < -0.39 is 29.4 Å². The fraction of sp³-hybridized carbons (Fsp3) is 0.357. The third-order valence-electron chi connectivity index (χ3n) is 3.37. The monoisotopic (exact) mass is 357 g/mol. The molecule has 6 nitrogen and oxygen atoms in total. The van der Waals surface area contributed by atoms with Crippen molar-refractivity contribution in [3.8, 4) is 0 Å². The molecule has 10 heteroatoms. The topological polar surface area (TPSA) is 64.2 Å². The summed E-state index contributed by atoms with van der Waals surface area (Å²) in [6.07, 6.45) is -0.185. The molecule has 0 aliphatic heterocycles. The van der Waals surface area contributed by atoms with Gasteiger partial charge in [0.05, 0.1) is 24.0 Å². The molecule has 0 atom stereocenters. The van der Waals surface area contributed by atoms with E-state index in [1.165, 1.54) is 11.3 Å². The fourth-order valence-corrected chi connectivity index (χ4v) is 3.05. The number of aromatic nitrogens is 4. The molecule has 0 aliphatic carbocycles. The molecule has 0 fully saturated rings. The molecule has 1 amide bonds. The van der Waals surface area contributed by atoms with E-state index in [4.69, 9.17) is 0 Å². The van der Waals surface area contributed by atoms with E-state index in [1.54, 1.807) is 24.4 Å². The van der Waals surface area contributed by atoms with E-state index in [0.717, 1.165) is 15.8 Å². The SMILES string of the molecule is CC(C)n1ncc(C(=O)NCc2cn3ccsc3n2)c1C(F)(F)F. The number of halogens is 3. The standard InChI is InChI=1S/C14H14F3N5OS/c1-8(2)22-11(14(15,16)17)10(6-19-22)12(23)18-5-9-7-21-3-4-24-13(21)20-9/h3-4,6-8H,5H2,1-2H3,(H,18,23). The molecule has 0 radical (unpaired) electrons. The van der Waals surface area contributed by atoms with Crippen LogP contribution in [0.4, 0.5) is 13.2 Å². The molecular weight excluding hydrogens is 343 g/mol. The van der Waals surface area contributed by atoms with Crippen molar-refractivity contribution in [2.75, 3.05) is 0 Å². The number of amides is 1. The summed E-state index contributed by atoms with van der Waals surface area (Å²) < 4.78 is 42.4. The van der Waals surface area contributed by atoms with Gasteiger partial charge in [0, 0.05) is 23.8 Å². The number of hydrogen-bond acceptors (Lipinski definition) is 4. The zero-order chi connectivity index (χ0) is 17.5. The Labute approximate surface area is 138 Å². The maximum atomic E-state index is 13.3. The number of fused-ring (bicyclic) bond motifs is 1. The molecule has 0 unspecified atom stereocenters. The van der Waals surface area contributed by atoms with E-state index in [9.17, 15) is 18.0 Å². The minimum Gasteiger partial charge on any atom is -0.346 e. The van der Waals surface area contributed by atoms with E-state index in [-0.39, 0.29) is 6.54 Å². The van der Waals surface area contributed by atoms with Gasteiger partial charge in [-0.15, -0.1) is 11.3 Å². The van der Waals surface area contributed by atoms with Crippen molar-refractivity contribution in [1.82, 2.24) is 24.5 Å². The van der Waals surface area contributed by atoms with Crippen LogP contribution in [0.3, 0.4) is 0 Å². The molecule has 0 saturated heterocycles. The highest BCUT2D eigenvalue weighted by Gasteiger charge is 2.40. The molecule has 3 aromatic heterocycles. The predicted octanol–water partition coefficient (Wildman–Crippen LogP) is 3.12. The Kier molecular flexibility index (Phi) is 4.08. The maximum Gasteiger partial charge on any atom is 0.433 e. The first-order valence-corrected chi connectivity index (χ1v) is 7.99. The number of nitrogens with one attached hydrogen (secondary N) is 1. The summed E-state index contributed by atoms with van der Waals surface area (Å²) in [7, 11) is 0. The molecule has 128 valence electrons. The van der Waals surface area contributed by atoms with Crippen LogP contribution in [0, 0.1) is 0 Å². The quantitative estimate of drug-likeness (QED) is 0.780. The Morgan fingerprint density at radius 2 is 2.17 bits per heavy atom. The summed E-state index contributed by atoms with van der Waals surface area (Å²) in [5, 5.41) is 8.03. The van der Waals surface area contributed by atoms with Crippen LogP contribution in [-0.4, -0.2) is 25.1 Å². The Bertz CT molecular complexity index is 848. The second-order valence-electron chi connectivity index (χ2n) is 5.45. The number of carbonyl (C=O) groups excluding carboxylic acids is 1. The summed E-state index contributed by atoms with van der Waals surface area (Å²) in [6, 6.07) is -0.511. The molecule has 0 aliphatic rings. The van der Waals surface area contributed by atoms with Gasteiger partial charge in [0.15, 0.2) is 10.7 Å². The Hall–Kier alpha value is -2.36. The normalized spacial score (nSPS) is 12.2. The molecule has 3 rings (SSSR count). The highest BCUT2D eigenvalue weighted by molar-refractivity contribution is 7.15. The van der Waals surface area contributed by atoms with Gasteiger partial charge in [-0.2, -0.15) is 18.3 Å². The van der Waals surface area contributed by atoms with Crippen LogP contribution >= 0.6 is 11.3 Å². The zero-order valence-electron chi connectivity index (χ0n) is 12.8. The lowest BCUT2D eigenvalue weighted by atomic mass is 10.2. The second kappa shape index (κ2) is 5.93. The summed E-state index contributed by atoms with van der Waals surface area (Å²) in [5.41, 5.74) is -0.960. The van der Waals surface area contributed by atoms with Gasteiger partial charge in [-0.3, -0.25) is 13.9 Å². The van der Waals surface area contributed by atoms with Crippen molar-refractivity contribution in [3.63, 3.8) is 0 Å². The first kappa shape index (κ1) is 16.5. The average molecular weight is 357 g/mol. The van der Waals surface area contributed by atoms with Crippen molar-refractivity contribution in [2.24, 2.45) is 0 Å². The summed E-state index contributed by atoms with van der Waals surface area (Å²) in [6.45, 7) is 3.18. The average Bonchev–Trinajstić information content (AvgIpc) is 3.16. The van der Waals surface area contributed by atoms with Crippen molar-refractivity contribution < 1.29 is 18.0 Å². The number of alkyl halides is 3. The van der Waals surface area contributed by atoms with E-state index in [1.807, 2.05) is 11.6 Å². The highest BCUT2D eigenvalue weighted by Crippen LogP contribution is 2.33. The minimum absolute atomic E-state index is 0.0391. The molecule has 0 spiro atoms. The first-order valence-electron chi connectivity index (χ1n) is 7.11. The van der Waals surface area contributed by atoms with Gasteiger partial charge < -0.3 is 5.32 Å². The summed E-state index contributed by atoms with van der Waals surface area (Å²) in [5.74, 6) is -0.828. The third kappa shape index (κ3) is 3.01. The van der Waals surface area contributed by atoms with Crippen LogP contribution in [0.2, 0.25) is 0 Å². The lowest BCUT2D eigenvalue weighted by Gasteiger charge is -2.14. The molecule has 24 heavy (non-hydrogen) atoms. The number of imidazole rings is 1. The lowest BCUT2D eigenvalue weighted by molar-refractivity contribution is -0.145. The van der Waals surface area contributed by atoms with E-state index in [0.29, 0.717) is 5.69 Å². The van der Waals surface area contributed by atoms with Gasteiger partial charge in [0.2, 0.25) is 0 Å². The lowest BCUT2D eigenvalue weighted by Crippen LogP contribution is -2.27. The van der Waals surface area contributed by atoms with Gasteiger partial charge in [-0.1, -0.05) is 0 Å². The molecular formula is C14H14F3N5OS. The number of hydrogen-bond donors (Lipinski definition) is 1. The van der Waals surface area contributed by atoms with Crippen molar-refractivity contribution in [3.05, 3.63) is 40.9 Å². The van der Waals surface area contributed by atoms with Gasteiger partial charge >= 0.3 is 6.18 Å². The minimum atomic E-state index is -4.66. The molecule has 3 heterocycles. The van der Waals surface area contributed by atoms with Crippen LogP contribution in [0.1, 0.15) is 41.6 Å². The molecule has 1 N–H and O–H groups in total. The predicted molar refractivity (Wildman–Crippen MR) is 81.9 cm³/mol. The third-order valence-corrected chi connectivity index (χ3v) is 4.14. The second-order valence-corrected chi connectivity index (χ2v) is 6.32. The largest absolute Gasteiger partial charge is 0.433 e. The van der Waals surface area contributed by atoms with Gasteiger partial charge in [-0.05, 0) is 13.8 Å². The first-order chi connectivity index (χ1) is 11.3. The Morgan fingerprint density at radius 3 is 2.79 bits per heavy atom. The molecule has 0 bridgehead atoms. The van der Waals surface area contributed by atoms with E-state index in [2.05, 4.69) is 15.4 Å². The highest BCUT2D eigenvalue weighted by atomic mass is 32.1. The molecule has 0 saturated carbocycles. The summed E-state index contributed by atoms with van der Waals surface area (Å²) in [4.78, 5) is 17.2.